The Morgan fingerprint density at radius 1 is 1.27 bits per heavy atom. The van der Waals surface area contributed by atoms with Crippen LogP contribution in [0.15, 0.2) is 12.1 Å². The number of thiophene rings is 1. The van der Waals surface area contributed by atoms with Crippen molar-refractivity contribution in [3.05, 3.63) is 34.4 Å². The van der Waals surface area contributed by atoms with Crippen molar-refractivity contribution >= 4 is 54.7 Å². The summed E-state index contributed by atoms with van der Waals surface area (Å²) in [7, 11) is 0. The number of nitrogen functional groups attached to an aromatic ring is 1. The maximum Gasteiger partial charge on any atom is 0.319 e. The number of fused-ring (bicyclic) bond motifs is 3. The fraction of sp³-hybridized carbons (Fsp3) is 0.485. The van der Waals surface area contributed by atoms with Gasteiger partial charge in [0, 0.05) is 24.1 Å². The third-order valence-electron chi connectivity index (χ3n) is 10.2. The van der Waals surface area contributed by atoms with E-state index in [0.29, 0.717) is 18.9 Å². The number of hydrogen-bond acceptors (Lipinski definition) is 10. The summed E-state index contributed by atoms with van der Waals surface area (Å²) in [5.74, 6) is -1.08. The number of anilines is 2. The molecule has 2 N–H and O–H groups in total. The summed E-state index contributed by atoms with van der Waals surface area (Å²) >= 11 is 7.89. The smallest absolute Gasteiger partial charge is 0.319 e. The van der Waals surface area contributed by atoms with E-state index >= 15 is 8.78 Å². The van der Waals surface area contributed by atoms with Gasteiger partial charge in [0.05, 0.1) is 45.4 Å². The molecule has 2 unspecified atom stereocenters. The van der Waals surface area contributed by atoms with Crippen LogP contribution in [-0.2, 0) is 4.74 Å². The summed E-state index contributed by atoms with van der Waals surface area (Å²) in [6, 6.07) is 3.71. The highest BCUT2D eigenvalue weighted by Gasteiger charge is 2.48. The lowest BCUT2D eigenvalue weighted by atomic mass is 9.92. The van der Waals surface area contributed by atoms with Crippen molar-refractivity contribution in [3.63, 3.8) is 0 Å². The minimum atomic E-state index is -2.75. The van der Waals surface area contributed by atoms with Crippen molar-refractivity contribution in [3.8, 4) is 29.0 Å². The second-order valence-corrected chi connectivity index (χ2v) is 14.6. The number of ether oxygens (including phenoxy) is 3. The van der Waals surface area contributed by atoms with Crippen LogP contribution in [0.3, 0.4) is 0 Å². The molecule has 4 aromatic rings. The van der Waals surface area contributed by atoms with Gasteiger partial charge in [-0.25, -0.2) is 17.6 Å². The molecule has 252 valence electrons. The zero-order chi connectivity index (χ0) is 33.5. The molecule has 15 heteroatoms. The van der Waals surface area contributed by atoms with E-state index in [1.807, 2.05) is 6.07 Å². The molecule has 4 aliphatic heterocycles. The number of nitrogens with two attached hydrogens (primary N) is 1. The Kier molecular flexibility index (Phi) is 7.74. The molecule has 3 fully saturated rings. The first kappa shape index (κ1) is 31.6. The van der Waals surface area contributed by atoms with Crippen molar-refractivity contribution in [2.24, 2.45) is 5.92 Å². The summed E-state index contributed by atoms with van der Waals surface area (Å²) in [6.45, 7) is 4.00. The number of alkyl halides is 2. The van der Waals surface area contributed by atoms with Gasteiger partial charge in [0.25, 0.3) is 6.43 Å². The van der Waals surface area contributed by atoms with Crippen molar-refractivity contribution < 1.29 is 31.8 Å². The van der Waals surface area contributed by atoms with Crippen LogP contribution >= 0.6 is 22.9 Å². The van der Waals surface area contributed by atoms with Gasteiger partial charge in [-0.3, -0.25) is 4.90 Å². The van der Waals surface area contributed by atoms with E-state index in [0.717, 1.165) is 49.8 Å². The normalized spacial score (nSPS) is 25.3. The Morgan fingerprint density at radius 2 is 2.10 bits per heavy atom. The molecule has 2 aromatic carbocycles. The molecule has 3 saturated heterocycles. The van der Waals surface area contributed by atoms with Crippen LogP contribution in [0.25, 0.3) is 32.1 Å². The largest absolute Gasteiger partial charge is 0.483 e. The lowest BCUT2D eigenvalue weighted by Gasteiger charge is -2.38. The topological polar surface area (TPSA) is 110 Å². The molecule has 0 spiro atoms. The summed E-state index contributed by atoms with van der Waals surface area (Å²) in [5.41, 5.74) is 5.49. The van der Waals surface area contributed by atoms with Gasteiger partial charge in [0.15, 0.2) is 11.6 Å². The predicted molar refractivity (Wildman–Crippen MR) is 174 cm³/mol. The summed E-state index contributed by atoms with van der Waals surface area (Å²) < 4.78 is 79.2. The fourth-order valence-corrected chi connectivity index (χ4v) is 9.51. The lowest BCUT2D eigenvalue weighted by Crippen LogP contribution is -2.52. The van der Waals surface area contributed by atoms with Crippen molar-refractivity contribution in [1.29, 1.82) is 5.26 Å². The monoisotopic (exact) mass is 702 g/mol. The number of aromatic nitrogens is 2. The maximum absolute atomic E-state index is 17.2. The van der Waals surface area contributed by atoms with E-state index in [-0.39, 0.29) is 84.0 Å². The highest BCUT2D eigenvalue weighted by Crippen LogP contribution is 2.52. The third-order valence-corrected chi connectivity index (χ3v) is 11.5. The molecule has 48 heavy (non-hydrogen) atoms. The second kappa shape index (κ2) is 11.8. The van der Waals surface area contributed by atoms with Crippen LogP contribution in [0.4, 0.5) is 28.4 Å². The van der Waals surface area contributed by atoms with Gasteiger partial charge in [-0.15, -0.1) is 11.3 Å². The standard InChI is InChI=1S/C33H31ClF4N6O3S/c1-15-9-33(6-2-7-43(33)11-15)14-46-32-41-27-24-28(47-20-13-45-8-5-19(20)44(12-21(36)37)31(24)42-32)25(34)23(26(27)38)16-3-4-18(35)29-22(16)17(10-39)30(40)48-29/h3-4,15,19-21H,2,5-9,11-14,40H2,1H3/t15-,19?,20?,33+/m1/s1. The van der Waals surface area contributed by atoms with Gasteiger partial charge in [-0.1, -0.05) is 24.6 Å². The Hall–Kier alpha value is -3.64. The quantitative estimate of drug-likeness (QED) is 0.218. The molecule has 0 radical (unpaired) electrons. The number of hydrogen-bond donors (Lipinski definition) is 1. The van der Waals surface area contributed by atoms with Crippen molar-refractivity contribution in [2.75, 3.05) is 50.1 Å². The van der Waals surface area contributed by atoms with E-state index in [4.69, 9.17) is 31.5 Å². The van der Waals surface area contributed by atoms with Gasteiger partial charge in [-0.05, 0) is 49.8 Å². The molecule has 4 atom stereocenters. The Bertz CT molecular complexity index is 2010. The van der Waals surface area contributed by atoms with E-state index in [1.165, 1.54) is 11.0 Å². The number of benzene rings is 2. The molecule has 6 heterocycles. The van der Waals surface area contributed by atoms with Gasteiger partial charge in [0.2, 0.25) is 0 Å². The van der Waals surface area contributed by atoms with Crippen LogP contribution in [0.2, 0.25) is 5.02 Å². The molecule has 8 rings (SSSR count). The minimum absolute atomic E-state index is 0.0162. The first-order valence-electron chi connectivity index (χ1n) is 15.9. The van der Waals surface area contributed by atoms with E-state index in [2.05, 4.69) is 21.8 Å². The Labute approximate surface area is 282 Å². The average molecular weight is 703 g/mol. The first-order valence-corrected chi connectivity index (χ1v) is 17.1. The molecule has 4 aliphatic rings. The van der Waals surface area contributed by atoms with Gasteiger partial charge in [-0.2, -0.15) is 15.2 Å². The Morgan fingerprint density at radius 3 is 2.90 bits per heavy atom. The highest BCUT2D eigenvalue weighted by atomic mass is 35.5. The van der Waals surface area contributed by atoms with Crippen molar-refractivity contribution in [2.45, 2.75) is 56.7 Å². The average Bonchev–Trinajstić information content (AvgIpc) is 3.68. The summed E-state index contributed by atoms with van der Waals surface area (Å²) in [6.07, 6.45) is -0.303. The van der Waals surface area contributed by atoms with Crippen LogP contribution in [0.1, 0.15) is 38.2 Å². The molecular formula is C33H31ClF4N6O3S. The molecular weight excluding hydrogens is 672 g/mol. The lowest BCUT2D eigenvalue weighted by molar-refractivity contribution is -0.00791. The van der Waals surface area contributed by atoms with Crippen LogP contribution in [-0.4, -0.2) is 78.4 Å². The zero-order valence-electron chi connectivity index (χ0n) is 25.9. The number of halogens is 5. The molecule has 2 aromatic heterocycles. The molecule has 0 bridgehead atoms. The number of nitriles is 1. The second-order valence-electron chi connectivity index (χ2n) is 13.1. The molecule has 0 saturated carbocycles. The summed E-state index contributed by atoms with van der Waals surface area (Å²) in [4.78, 5) is 13.1. The minimum Gasteiger partial charge on any atom is -0.483 e. The number of nitrogens with zero attached hydrogens (tertiary/aromatic N) is 5. The summed E-state index contributed by atoms with van der Waals surface area (Å²) in [5, 5.41) is 9.92. The highest BCUT2D eigenvalue weighted by molar-refractivity contribution is 7.23. The van der Waals surface area contributed by atoms with Crippen LogP contribution in [0, 0.1) is 28.9 Å². The van der Waals surface area contributed by atoms with Gasteiger partial charge < -0.3 is 24.8 Å². The van der Waals surface area contributed by atoms with Crippen molar-refractivity contribution in [1.82, 2.24) is 14.9 Å². The van der Waals surface area contributed by atoms with E-state index in [9.17, 15) is 14.0 Å². The van der Waals surface area contributed by atoms with Gasteiger partial charge >= 0.3 is 6.01 Å². The number of rotatable bonds is 6. The molecule has 9 nitrogen and oxygen atoms in total. The van der Waals surface area contributed by atoms with Crippen LogP contribution in [0.5, 0.6) is 11.8 Å². The van der Waals surface area contributed by atoms with E-state index < -0.39 is 36.8 Å². The Balaban J connectivity index is 1.37. The molecule has 0 aliphatic carbocycles. The third kappa shape index (κ3) is 4.84. The SMILES string of the molecule is C[C@H]1CN2CCC[C@@]2(COc2nc3c4c(c(Cl)c(-c5ccc(F)c6sc(N)c(C#N)c56)c(F)c4n2)OC2COCCC2N3CC(F)F)C1. The molecule has 0 amide bonds. The fourth-order valence-electron chi connectivity index (χ4n) is 8.23. The maximum atomic E-state index is 17.2. The first-order chi connectivity index (χ1) is 23.1. The van der Waals surface area contributed by atoms with Gasteiger partial charge in [0.1, 0.15) is 40.9 Å². The van der Waals surface area contributed by atoms with Crippen LogP contribution < -0.4 is 20.1 Å². The predicted octanol–water partition coefficient (Wildman–Crippen LogP) is 6.77. The van der Waals surface area contributed by atoms with E-state index in [1.54, 1.807) is 0 Å². The zero-order valence-corrected chi connectivity index (χ0v) is 27.4.